The number of halogens is 1. The first-order valence-electron chi connectivity index (χ1n) is 3.88. The number of hydrogen-bond acceptors (Lipinski definition) is 2. The Kier molecular flexibility index (Phi) is 3.23. The van der Waals surface area contributed by atoms with Crippen molar-refractivity contribution in [3.8, 4) is 0 Å². The van der Waals surface area contributed by atoms with Crippen molar-refractivity contribution in [2.75, 3.05) is 0 Å². The van der Waals surface area contributed by atoms with Gasteiger partial charge in [-0.05, 0) is 18.6 Å². The summed E-state index contributed by atoms with van der Waals surface area (Å²) in [5, 5.41) is 0.372. The van der Waals surface area contributed by atoms with Crippen molar-refractivity contribution in [3.63, 3.8) is 0 Å². The van der Waals surface area contributed by atoms with E-state index in [0.717, 1.165) is 6.42 Å². The molecule has 0 unspecified atom stereocenters. The first kappa shape index (κ1) is 9.20. The molecule has 1 aromatic rings. The minimum atomic E-state index is 0.127. The number of carbonyl (C=O) groups is 1. The highest BCUT2D eigenvalue weighted by molar-refractivity contribution is 6.29. The maximum atomic E-state index is 11.3. The summed E-state index contributed by atoms with van der Waals surface area (Å²) < 4.78 is 0. The van der Waals surface area contributed by atoms with Crippen molar-refractivity contribution in [2.24, 2.45) is 0 Å². The first-order valence-corrected chi connectivity index (χ1v) is 4.26. The Morgan fingerprint density at radius 3 is 3.00 bits per heavy atom. The van der Waals surface area contributed by atoms with E-state index < -0.39 is 0 Å². The van der Waals surface area contributed by atoms with Crippen molar-refractivity contribution in [3.05, 3.63) is 29.0 Å². The molecule has 0 aliphatic carbocycles. The van der Waals surface area contributed by atoms with Crippen molar-refractivity contribution < 1.29 is 4.79 Å². The molecule has 0 saturated heterocycles. The Balaban J connectivity index is 2.81. The Morgan fingerprint density at radius 2 is 2.42 bits per heavy atom. The smallest absolute Gasteiger partial charge is 0.163 e. The number of aromatic nitrogens is 1. The van der Waals surface area contributed by atoms with Gasteiger partial charge in [-0.1, -0.05) is 18.5 Å². The molecule has 0 amide bonds. The number of Topliss-reactive ketones (excluding diaryl/α,β-unsaturated/α-hetero) is 1. The molecule has 64 valence electrons. The van der Waals surface area contributed by atoms with Crippen LogP contribution >= 0.6 is 11.6 Å². The number of rotatable bonds is 3. The number of nitrogens with zero attached hydrogens (tertiary/aromatic N) is 1. The van der Waals surface area contributed by atoms with E-state index in [-0.39, 0.29) is 5.78 Å². The summed E-state index contributed by atoms with van der Waals surface area (Å²) in [6, 6.07) is 3.28. The van der Waals surface area contributed by atoms with Crippen LogP contribution in [0.3, 0.4) is 0 Å². The van der Waals surface area contributed by atoms with Crippen molar-refractivity contribution in [1.29, 1.82) is 0 Å². The molecular formula is C9H10ClNO. The first-order chi connectivity index (χ1) is 5.74. The van der Waals surface area contributed by atoms with Crippen LogP contribution in [0.15, 0.2) is 18.3 Å². The van der Waals surface area contributed by atoms with Gasteiger partial charge in [-0.15, -0.1) is 0 Å². The fourth-order valence-corrected chi connectivity index (χ4v) is 1.12. The van der Waals surface area contributed by atoms with Crippen LogP contribution in [0.25, 0.3) is 0 Å². The van der Waals surface area contributed by atoms with Crippen LogP contribution in [0.4, 0.5) is 0 Å². The third-order valence-electron chi connectivity index (χ3n) is 1.53. The normalized spacial score (nSPS) is 9.83. The lowest BCUT2D eigenvalue weighted by atomic mass is 10.1. The van der Waals surface area contributed by atoms with E-state index in [0.29, 0.717) is 17.1 Å². The molecule has 0 fully saturated rings. The lowest BCUT2D eigenvalue weighted by Gasteiger charge is -1.97. The third kappa shape index (κ3) is 2.31. The Hall–Kier alpha value is -0.890. The van der Waals surface area contributed by atoms with Gasteiger partial charge >= 0.3 is 0 Å². The zero-order valence-electron chi connectivity index (χ0n) is 6.88. The van der Waals surface area contributed by atoms with Crippen molar-refractivity contribution >= 4 is 17.4 Å². The van der Waals surface area contributed by atoms with Crippen LogP contribution in [-0.4, -0.2) is 10.8 Å². The zero-order chi connectivity index (χ0) is 8.97. The third-order valence-corrected chi connectivity index (χ3v) is 1.73. The summed E-state index contributed by atoms with van der Waals surface area (Å²) in [5.41, 5.74) is 0.650. The molecular weight excluding hydrogens is 174 g/mol. The molecule has 0 atom stereocenters. The van der Waals surface area contributed by atoms with E-state index >= 15 is 0 Å². The molecule has 0 aromatic carbocycles. The van der Waals surface area contributed by atoms with E-state index in [1.54, 1.807) is 18.3 Å². The minimum absolute atomic E-state index is 0.127. The van der Waals surface area contributed by atoms with E-state index in [1.165, 1.54) is 0 Å². The second-order valence-electron chi connectivity index (χ2n) is 2.54. The zero-order valence-corrected chi connectivity index (χ0v) is 7.64. The van der Waals surface area contributed by atoms with E-state index in [9.17, 15) is 4.79 Å². The fraction of sp³-hybridized carbons (Fsp3) is 0.333. The minimum Gasteiger partial charge on any atom is -0.294 e. The van der Waals surface area contributed by atoms with Crippen LogP contribution in [0.2, 0.25) is 5.15 Å². The predicted octanol–water partition coefficient (Wildman–Crippen LogP) is 2.72. The van der Waals surface area contributed by atoms with Crippen LogP contribution in [-0.2, 0) is 0 Å². The lowest BCUT2D eigenvalue weighted by molar-refractivity contribution is 0.0981. The average Bonchev–Trinajstić information content (AvgIpc) is 2.05. The van der Waals surface area contributed by atoms with Gasteiger partial charge in [0.1, 0.15) is 5.15 Å². The predicted molar refractivity (Wildman–Crippen MR) is 48.5 cm³/mol. The van der Waals surface area contributed by atoms with Crippen LogP contribution < -0.4 is 0 Å². The van der Waals surface area contributed by atoms with Gasteiger partial charge in [-0.25, -0.2) is 4.98 Å². The quantitative estimate of drug-likeness (QED) is 0.533. The van der Waals surface area contributed by atoms with Gasteiger partial charge in [-0.3, -0.25) is 4.79 Å². The van der Waals surface area contributed by atoms with Crippen LogP contribution in [0.1, 0.15) is 30.1 Å². The largest absolute Gasteiger partial charge is 0.294 e. The van der Waals surface area contributed by atoms with Gasteiger partial charge in [0, 0.05) is 18.2 Å². The standard InChI is InChI=1S/C9H10ClNO/c1-2-3-8(12)7-4-5-11-9(10)6-7/h4-6H,2-3H2,1H3. The maximum Gasteiger partial charge on any atom is 0.163 e. The second-order valence-corrected chi connectivity index (χ2v) is 2.93. The van der Waals surface area contributed by atoms with Gasteiger partial charge in [0.25, 0.3) is 0 Å². The van der Waals surface area contributed by atoms with Crippen LogP contribution in [0.5, 0.6) is 0 Å². The van der Waals surface area contributed by atoms with Crippen molar-refractivity contribution in [1.82, 2.24) is 4.98 Å². The number of ketones is 1. The number of hydrogen-bond donors (Lipinski definition) is 0. The molecule has 1 rings (SSSR count). The lowest BCUT2D eigenvalue weighted by Crippen LogP contribution is -1.97. The average molecular weight is 184 g/mol. The summed E-state index contributed by atoms with van der Waals surface area (Å²) in [5.74, 6) is 0.127. The summed E-state index contributed by atoms with van der Waals surface area (Å²) in [4.78, 5) is 15.1. The highest BCUT2D eigenvalue weighted by Crippen LogP contribution is 2.09. The molecule has 1 aromatic heterocycles. The molecule has 0 aliphatic heterocycles. The SMILES string of the molecule is CCCC(=O)c1ccnc(Cl)c1. The summed E-state index contributed by atoms with van der Waals surface area (Å²) in [6.07, 6.45) is 2.98. The molecule has 2 nitrogen and oxygen atoms in total. The van der Waals surface area contributed by atoms with Gasteiger partial charge in [0.15, 0.2) is 5.78 Å². The highest BCUT2D eigenvalue weighted by atomic mass is 35.5. The van der Waals surface area contributed by atoms with Gasteiger partial charge in [0.05, 0.1) is 0 Å². The summed E-state index contributed by atoms with van der Waals surface area (Å²) >= 11 is 5.63. The molecule has 3 heteroatoms. The number of carbonyl (C=O) groups excluding carboxylic acids is 1. The van der Waals surface area contributed by atoms with E-state index in [2.05, 4.69) is 4.98 Å². The van der Waals surface area contributed by atoms with Crippen LogP contribution in [0, 0.1) is 0 Å². The second kappa shape index (κ2) is 4.21. The molecule has 1 heterocycles. The summed E-state index contributed by atoms with van der Waals surface area (Å²) in [6.45, 7) is 1.97. The fourth-order valence-electron chi connectivity index (χ4n) is 0.947. The Morgan fingerprint density at radius 1 is 1.67 bits per heavy atom. The monoisotopic (exact) mass is 183 g/mol. The summed E-state index contributed by atoms with van der Waals surface area (Å²) in [7, 11) is 0. The molecule has 12 heavy (non-hydrogen) atoms. The van der Waals surface area contributed by atoms with Gasteiger partial charge in [-0.2, -0.15) is 0 Å². The number of pyridine rings is 1. The molecule has 0 bridgehead atoms. The van der Waals surface area contributed by atoms with Gasteiger partial charge in [0.2, 0.25) is 0 Å². The molecule has 0 saturated carbocycles. The topological polar surface area (TPSA) is 30.0 Å². The Labute approximate surface area is 76.6 Å². The molecule has 0 spiro atoms. The highest BCUT2D eigenvalue weighted by Gasteiger charge is 2.04. The molecule has 0 aliphatic rings. The molecule has 0 N–H and O–H groups in total. The Bertz CT molecular complexity index is 286. The molecule has 0 radical (unpaired) electrons. The van der Waals surface area contributed by atoms with Gasteiger partial charge < -0.3 is 0 Å². The maximum absolute atomic E-state index is 11.3. The van der Waals surface area contributed by atoms with Crippen molar-refractivity contribution in [2.45, 2.75) is 19.8 Å². The van der Waals surface area contributed by atoms with E-state index in [1.807, 2.05) is 6.92 Å². The van der Waals surface area contributed by atoms with E-state index in [4.69, 9.17) is 11.6 Å².